The molecule has 1 unspecified atom stereocenters. The molecular formula is C38H39NO2S3Si. The first kappa shape index (κ1) is 30.5. The largest absolute Gasteiger partial charge is 0.274 e. The molecular weight excluding hydrogens is 627 g/mol. The maximum absolute atomic E-state index is 14.1. The number of unbranched alkanes of at least 4 members (excludes halogenated alkanes) is 1. The number of benzene rings is 2. The van der Waals surface area contributed by atoms with Crippen LogP contribution in [0.1, 0.15) is 89.8 Å². The van der Waals surface area contributed by atoms with Gasteiger partial charge in [0.1, 0.15) is 0 Å². The van der Waals surface area contributed by atoms with Gasteiger partial charge in [-0.2, -0.15) is 0 Å². The first-order chi connectivity index (χ1) is 21.8. The average Bonchev–Trinajstić information content (AvgIpc) is 3.84. The minimum Gasteiger partial charge on any atom is -0.274 e. The molecule has 3 nitrogen and oxygen atoms in total. The molecule has 0 saturated heterocycles. The van der Waals surface area contributed by atoms with Crippen LogP contribution in [0.2, 0.25) is 0 Å². The van der Waals surface area contributed by atoms with Crippen LogP contribution in [-0.2, 0) is 0 Å². The third-order valence-electron chi connectivity index (χ3n) is 9.69. The summed E-state index contributed by atoms with van der Waals surface area (Å²) in [6, 6.07) is 27.1. The molecule has 2 aliphatic rings. The number of carbonyl (C=O) groups excluding carboxylic acids is 2. The molecule has 0 saturated carbocycles. The van der Waals surface area contributed by atoms with E-state index in [1.165, 1.54) is 35.4 Å². The first-order valence-electron chi connectivity index (χ1n) is 16.2. The monoisotopic (exact) mass is 665 g/mol. The van der Waals surface area contributed by atoms with Gasteiger partial charge in [-0.1, -0.05) is 108 Å². The minimum absolute atomic E-state index is 0.103. The molecule has 0 bridgehead atoms. The number of imide groups is 1. The third-order valence-corrected chi connectivity index (χ3v) is 18.9. The molecule has 0 fully saturated rings. The lowest BCUT2D eigenvalue weighted by atomic mass is 9.99. The van der Waals surface area contributed by atoms with Gasteiger partial charge in [0.15, 0.2) is 8.07 Å². The second-order valence-electron chi connectivity index (χ2n) is 12.8. The zero-order valence-corrected chi connectivity index (χ0v) is 30.1. The molecule has 1 atom stereocenters. The number of thiophene rings is 3. The Labute approximate surface area is 279 Å². The van der Waals surface area contributed by atoms with Crippen LogP contribution in [0.3, 0.4) is 0 Å². The molecule has 2 aliphatic heterocycles. The second-order valence-corrected chi connectivity index (χ2v) is 19.8. The Morgan fingerprint density at radius 3 is 1.96 bits per heavy atom. The molecule has 2 amide bonds. The van der Waals surface area contributed by atoms with Gasteiger partial charge in [0.2, 0.25) is 0 Å². The highest BCUT2D eigenvalue weighted by Crippen LogP contribution is 2.48. The van der Waals surface area contributed by atoms with Gasteiger partial charge in [0, 0.05) is 30.9 Å². The summed E-state index contributed by atoms with van der Waals surface area (Å²) in [7, 11) is -2.60. The molecule has 2 aromatic carbocycles. The summed E-state index contributed by atoms with van der Waals surface area (Å²) < 4.78 is 0. The van der Waals surface area contributed by atoms with E-state index in [0.29, 0.717) is 29.5 Å². The van der Waals surface area contributed by atoms with Crippen molar-refractivity contribution in [2.24, 2.45) is 5.92 Å². The number of amides is 2. The SMILES string of the molecule is CCCCC(CC)CN1C(=O)c2c(C)sc(-c3cc4c(s3)-c3sc(C(C)C)cc3[Si]4(c3ccccc3)c3ccccc3)c2C1=O. The molecule has 7 heteroatoms. The number of aryl methyl sites for hydroxylation is 1. The fourth-order valence-electron chi connectivity index (χ4n) is 7.29. The Morgan fingerprint density at radius 1 is 0.756 bits per heavy atom. The van der Waals surface area contributed by atoms with Gasteiger partial charge in [-0.25, -0.2) is 0 Å². The van der Waals surface area contributed by atoms with Crippen LogP contribution in [0.15, 0.2) is 72.8 Å². The maximum Gasteiger partial charge on any atom is 0.263 e. The molecule has 5 aromatic rings. The fraction of sp³-hybridized carbons (Fsp3) is 0.316. The highest BCUT2D eigenvalue weighted by molar-refractivity contribution is 7.35. The van der Waals surface area contributed by atoms with Crippen LogP contribution in [0, 0.1) is 12.8 Å². The molecule has 45 heavy (non-hydrogen) atoms. The zero-order valence-electron chi connectivity index (χ0n) is 26.6. The van der Waals surface area contributed by atoms with Crippen LogP contribution in [-0.4, -0.2) is 31.3 Å². The van der Waals surface area contributed by atoms with Gasteiger partial charge in [0.05, 0.1) is 16.0 Å². The topological polar surface area (TPSA) is 37.4 Å². The number of rotatable bonds is 10. The van der Waals surface area contributed by atoms with Gasteiger partial charge >= 0.3 is 0 Å². The lowest BCUT2D eigenvalue weighted by Gasteiger charge is -2.30. The van der Waals surface area contributed by atoms with Gasteiger partial charge in [-0.15, -0.1) is 34.0 Å². The smallest absolute Gasteiger partial charge is 0.263 e. The summed E-state index contributed by atoms with van der Waals surface area (Å²) in [5, 5.41) is 5.67. The number of hydrogen-bond acceptors (Lipinski definition) is 5. The minimum atomic E-state index is -2.60. The lowest BCUT2D eigenvalue weighted by Crippen LogP contribution is -2.72. The second kappa shape index (κ2) is 11.9. The van der Waals surface area contributed by atoms with E-state index < -0.39 is 8.07 Å². The van der Waals surface area contributed by atoms with Crippen molar-refractivity contribution in [3.63, 3.8) is 0 Å². The number of hydrogen-bond donors (Lipinski definition) is 0. The summed E-state index contributed by atoms with van der Waals surface area (Å²) in [5.41, 5.74) is 1.26. The molecule has 7 rings (SSSR count). The fourth-order valence-corrected chi connectivity index (χ4v) is 17.3. The summed E-state index contributed by atoms with van der Waals surface area (Å²) in [6.07, 6.45) is 4.27. The Bertz CT molecular complexity index is 1860. The molecule has 230 valence electrons. The highest BCUT2D eigenvalue weighted by atomic mass is 32.1. The van der Waals surface area contributed by atoms with E-state index in [9.17, 15) is 9.59 Å². The molecule has 3 aromatic heterocycles. The number of nitrogens with zero attached hydrogens (tertiary/aromatic N) is 1. The number of carbonyl (C=O) groups is 2. The molecule has 5 heterocycles. The molecule has 0 N–H and O–H groups in total. The van der Waals surface area contributed by atoms with E-state index in [1.807, 2.05) is 29.6 Å². The lowest BCUT2D eigenvalue weighted by molar-refractivity contribution is 0.0624. The third kappa shape index (κ3) is 4.69. The molecule has 0 radical (unpaired) electrons. The van der Waals surface area contributed by atoms with Crippen molar-refractivity contribution < 1.29 is 9.59 Å². The average molecular weight is 666 g/mol. The van der Waals surface area contributed by atoms with E-state index in [-0.39, 0.29) is 11.8 Å². The number of fused-ring (bicyclic) bond motifs is 4. The van der Waals surface area contributed by atoms with Crippen molar-refractivity contribution in [1.29, 1.82) is 0 Å². The van der Waals surface area contributed by atoms with Gasteiger partial charge < -0.3 is 0 Å². The van der Waals surface area contributed by atoms with Gasteiger partial charge in [-0.3, -0.25) is 14.5 Å². The van der Waals surface area contributed by atoms with E-state index in [1.54, 1.807) is 16.2 Å². The summed E-state index contributed by atoms with van der Waals surface area (Å²) in [5.74, 6) is 0.583. The highest BCUT2D eigenvalue weighted by Gasteiger charge is 2.52. The van der Waals surface area contributed by atoms with Crippen molar-refractivity contribution in [3.05, 3.63) is 93.7 Å². The van der Waals surface area contributed by atoms with Crippen molar-refractivity contribution in [3.8, 4) is 19.5 Å². The van der Waals surface area contributed by atoms with Crippen LogP contribution in [0.25, 0.3) is 19.5 Å². The van der Waals surface area contributed by atoms with Crippen LogP contribution >= 0.6 is 34.0 Å². The van der Waals surface area contributed by atoms with Crippen molar-refractivity contribution in [2.75, 3.05) is 6.54 Å². The van der Waals surface area contributed by atoms with Crippen molar-refractivity contribution in [1.82, 2.24) is 4.90 Å². The summed E-state index contributed by atoms with van der Waals surface area (Å²) >= 11 is 5.38. The Kier molecular flexibility index (Phi) is 8.09. The summed E-state index contributed by atoms with van der Waals surface area (Å²) in [4.78, 5) is 36.6. The quantitative estimate of drug-likeness (QED) is 0.109. The zero-order chi connectivity index (χ0) is 31.5. The van der Waals surface area contributed by atoms with Gasteiger partial charge in [-0.05, 0) is 58.1 Å². The van der Waals surface area contributed by atoms with E-state index in [4.69, 9.17) is 0 Å². The van der Waals surface area contributed by atoms with E-state index in [0.717, 1.165) is 40.3 Å². The van der Waals surface area contributed by atoms with E-state index >= 15 is 0 Å². The standard InChI is InChI=1S/C38H39NO2S3Si/c1-6-8-15-25(7-2)22-39-37(40)32-24(5)42-34(33(32)38(39)41)29-21-31-36(44-29)35-30(20-28(43-35)23(3)4)45(31,26-16-11-9-12-17-26)27-18-13-10-14-19-27/h9-14,16-21,23,25H,6-8,15,22H2,1-5H3. The van der Waals surface area contributed by atoms with Gasteiger partial charge in [0.25, 0.3) is 11.8 Å². The van der Waals surface area contributed by atoms with Crippen molar-refractivity contribution >= 4 is 74.6 Å². The van der Waals surface area contributed by atoms with E-state index in [2.05, 4.69) is 100 Å². The normalized spacial score (nSPS) is 15.6. The Balaban J connectivity index is 1.41. The van der Waals surface area contributed by atoms with Crippen LogP contribution in [0.4, 0.5) is 0 Å². The van der Waals surface area contributed by atoms with Crippen LogP contribution in [0.5, 0.6) is 0 Å². The Morgan fingerprint density at radius 2 is 1.36 bits per heavy atom. The van der Waals surface area contributed by atoms with Crippen LogP contribution < -0.4 is 20.7 Å². The molecule has 0 aliphatic carbocycles. The predicted molar refractivity (Wildman–Crippen MR) is 196 cm³/mol. The van der Waals surface area contributed by atoms with Crippen molar-refractivity contribution in [2.45, 2.75) is 66.2 Å². The predicted octanol–water partition coefficient (Wildman–Crippen LogP) is 8.14. The maximum atomic E-state index is 14.1. The summed E-state index contributed by atoms with van der Waals surface area (Å²) in [6.45, 7) is 11.5. The first-order valence-corrected chi connectivity index (χ1v) is 20.7. The Hall–Kier alpha value is -3.10. The molecule has 0 spiro atoms.